The predicted octanol–water partition coefficient (Wildman–Crippen LogP) is 16.2. The lowest BCUT2D eigenvalue weighted by Crippen LogP contribution is -1.96. The Labute approximate surface area is 361 Å². The van der Waals surface area contributed by atoms with Gasteiger partial charge in [0.2, 0.25) is 0 Å². The number of hydrogen-bond donors (Lipinski definition) is 0. The molecule has 5 nitrogen and oxygen atoms in total. The molecule has 63 heavy (non-hydrogen) atoms. The van der Waals surface area contributed by atoms with Crippen molar-refractivity contribution >= 4 is 65.8 Å². The van der Waals surface area contributed by atoms with Gasteiger partial charge < -0.3 is 13.3 Å². The fourth-order valence-electron chi connectivity index (χ4n) is 9.12. The van der Waals surface area contributed by atoms with Gasteiger partial charge in [0, 0.05) is 49.0 Å². The summed E-state index contributed by atoms with van der Waals surface area (Å²) in [6, 6.07) is 71.8. The first-order valence-electron chi connectivity index (χ1n) is 21.1. The van der Waals surface area contributed by atoms with E-state index in [0.717, 1.165) is 127 Å². The Bertz CT molecular complexity index is 3780. The molecule has 0 atom stereocenters. The molecule has 0 aliphatic carbocycles. The minimum absolute atomic E-state index is 0.661. The van der Waals surface area contributed by atoms with Crippen LogP contribution in [0.1, 0.15) is 0 Å². The molecule has 0 aliphatic rings. The second-order valence-electron chi connectivity index (χ2n) is 16.1. The first-order valence-corrected chi connectivity index (χ1v) is 21.1. The van der Waals surface area contributed by atoms with E-state index in [0.29, 0.717) is 5.82 Å². The van der Waals surface area contributed by atoms with Crippen LogP contribution in [-0.2, 0) is 0 Å². The van der Waals surface area contributed by atoms with Crippen molar-refractivity contribution in [2.24, 2.45) is 0 Å². The summed E-state index contributed by atoms with van der Waals surface area (Å²) in [5.74, 6) is 0.661. The molecule has 0 N–H and O–H groups in total. The summed E-state index contributed by atoms with van der Waals surface area (Å²) in [6.45, 7) is 0. The van der Waals surface area contributed by atoms with Crippen molar-refractivity contribution < 1.29 is 13.3 Å². The summed E-state index contributed by atoms with van der Waals surface area (Å²) in [4.78, 5) is 10.5. The number of rotatable bonds is 6. The topological polar surface area (TPSA) is 65.2 Å². The Kier molecular flexibility index (Phi) is 7.84. The van der Waals surface area contributed by atoms with Crippen molar-refractivity contribution in [3.63, 3.8) is 0 Å². The van der Waals surface area contributed by atoms with Gasteiger partial charge >= 0.3 is 0 Å². The minimum atomic E-state index is 0.661. The van der Waals surface area contributed by atoms with Crippen molar-refractivity contribution in [3.05, 3.63) is 206 Å². The average Bonchev–Trinajstić information content (AvgIpc) is 4.04. The Balaban J connectivity index is 0.974. The normalized spacial score (nSPS) is 11.8. The van der Waals surface area contributed by atoms with Crippen molar-refractivity contribution in [1.82, 2.24) is 9.97 Å². The number of fused-ring (bicyclic) bond motifs is 9. The van der Waals surface area contributed by atoms with Crippen molar-refractivity contribution in [2.75, 3.05) is 0 Å². The second kappa shape index (κ2) is 14.0. The van der Waals surface area contributed by atoms with Crippen LogP contribution in [0.5, 0.6) is 0 Å². The molecule has 0 fully saturated rings. The Morgan fingerprint density at radius 1 is 0.222 bits per heavy atom. The Morgan fingerprint density at radius 3 is 1.08 bits per heavy atom. The van der Waals surface area contributed by atoms with Crippen LogP contribution >= 0.6 is 0 Å². The van der Waals surface area contributed by atoms with Gasteiger partial charge in [0.05, 0.1) is 11.4 Å². The molecule has 0 bridgehead atoms. The number of aromatic nitrogens is 2. The molecule has 0 unspecified atom stereocenters. The zero-order valence-corrected chi connectivity index (χ0v) is 33.7. The fourth-order valence-corrected chi connectivity index (χ4v) is 9.12. The van der Waals surface area contributed by atoms with E-state index in [4.69, 9.17) is 23.2 Å². The van der Waals surface area contributed by atoms with E-state index in [1.165, 1.54) is 0 Å². The van der Waals surface area contributed by atoms with Crippen LogP contribution < -0.4 is 0 Å². The average molecular weight is 807 g/mol. The maximum absolute atomic E-state index is 6.24. The molecule has 4 heterocycles. The van der Waals surface area contributed by atoms with Crippen LogP contribution in [0.2, 0.25) is 0 Å². The number of benzene rings is 9. The van der Waals surface area contributed by atoms with Crippen LogP contribution in [0, 0.1) is 0 Å². The van der Waals surface area contributed by atoms with Gasteiger partial charge in [0.15, 0.2) is 5.82 Å². The van der Waals surface area contributed by atoms with Gasteiger partial charge in [-0.3, -0.25) is 0 Å². The van der Waals surface area contributed by atoms with Gasteiger partial charge in [0.1, 0.15) is 33.5 Å². The second-order valence-corrected chi connectivity index (χ2v) is 16.1. The van der Waals surface area contributed by atoms with E-state index < -0.39 is 0 Å². The quantitative estimate of drug-likeness (QED) is 0.167. The van der Waals surface area contributed by atoms with Crippen LogP contribution in [0.15, 0.2) is 220 Å². The minimum Gasteiger partial charge on any atom is -0.456 e. The van der Waals surface area contributed by atoms with Crippen molar-refractivity contribution in [2.45, 2.75) is 0 Å². The van der Waals surface area contributed by atoms with Gasteiger partial charge in [0.25, 0.3) is 0 Å². The van der Waals surface area contributed by atoms with E-state index in [2.05, 4.69) is 152 Å². The maximum Gasteiger partial charge on any atom is 0.160 e. The van der Waals surface area contributed by atoms with Crippen molar-refractivity contribution in [1.29, 1.82) is 0 Å². The maximum atomic E-state index is 6.24. The molecule has 0 amide bonds. The van der Waals surface area contributed by atoms with Crippen LogP contribution in [0.3, 0.4) is 0 Å². The predicted molar refractivity (Wildman–Crippen MR) is 256 cm³/mol. The molecule has 9 aromatic carbocycles. The smallest absolute Gasteiger partial charge is 0.160 e. The van der Waals surface area contributed by atoms with Gasteiger partial charge in [-0.15, -0.1) is 0 Å². The van der Waals surface area contributed by atoms with E-state index in [1.807, 2.05) is 54.6 Å². The molecule has 0 spiro atoms. The van der Waals surface area contributed by atoms with Crippen LogP contribution in [-0.4, -0.2) is 9.97 Å². The van der Waals surface area contributed by atoms with Crippen molar-refractivity contribution in [3.8, 4) is 67.3 Å². The lowest BCUT2D eigenvalue weighted by Gasteiger charge is -2.14. The van der Waals surface area contributed by atoms with Crippen LogP contribution in [0.4, 0.5) is 0 Å². The molecule has 0 radical (unpaired) electrons. The molecule has 0 saturated carbocycles. The third-order valence-corrected chi connectivity index (χ3v) is 12.3. The molecule has 13 rings (SSSR count). The Hall–Kier alpha value is -8.54. The van der Waals surface area contributed by atoms with E-state index in [-0.39, 0.29) is 0 Å². The molecular weight excluding hydrogens is 773 g/mol. The first-order chi connectivity index (χ1) is 31.1. The molecule has 4 aromatic heterocycles. The summed E-state index contributed by atoms with van der Waals surface area (Å²) in [5.41, 5.74) is 16.4. The third kappa shape index (κ3) is 6.01. The van der Waals surface area contributed by atoms with Gasteiger partial charge in [-0.25, -0.2) is 9.97 Å². The molecule has 294 valence electrons. The summed E-state index contributed by atoms with van der Waals surface area (Å²) >= 11 is 0. The molecule has 13 aromatic rings. The lowest BCUT2D eigenvalue weighted by atomic mass is 9.93. The first kappa shape index (κ1) is 35.2. The zero-order valence-electron chi connectivity index (χ0n) is 33.7. The van der Waals surface area contributed by atoms with E-state index in [9.17, 15) is 0 Å². The van der Waals surface area contributed by atoms with Gasteiger partial charge in [-0.2, -0.15) is 0 Å². The van der Waals surface area contributed by atoms with Gasteiger partial charge in [-0.05, 0) is 112 Å². The molecule has 0 saturated heterocycles. The molecular formula is C58H34N2O3. The standard InChI is InChI=1S/C58H34N2O3/c1-2-10-37(11-3-1)58-59-50(36-20-18-35(19-21-36)38-22-25-55-47(31-38)44-12-4-7-15-52(44)61-55)34-51(60-58)43-29-41(39-23-26-56-48(32-39)45-13-5-8-16-53(45)62-56)28-42(30-43)40-24-27-57-49(33-40)46-14-6-9-17-54(46)63-57/h1-34H. The highest BCUT2D eigenvalue weighted by molar-refractivity contribution is 6.08. The largest absolute Gasteiger partial charge is 0.456 e. The zero-order chi connectivity index (χ0) is 41.4. The summed E-state index contributed by atoms with van der Waals surface area (Å²) in [6.07, 6.45) is 0. The third-order valence-electron chi connectivity index (χ3n) is 12.3. The number of nitrogens with zero attached hydrogens (tertiary/aromatic N) is 2. The highest BCUT2D eigenvalue weighted by Gasteiger charge is 2.17. The van der Waals surface area contributed by atoms with Gasteiger partial charge in [-0.1, -0.05) is 127 Å². The number of hydrogen-bond acceptors (Lipinski definition) is 5. The number of para-hydroxylation sites is 3. The lowest BCUT2D eigenvalue weighted by molar-refractivity contribution is 0.668. The monoisotopic (exact) mass is 806 g/mol. The summed E-state index contributed by atoms with van der Waals surface area (Å²) < 4.78 is 18.6. The Morgan fingerprint density at radius 2 is 0.587 bits per heavy atom. The highest BCUT2D eigenvalue weighted by Crippen LogP contribution is 2.40. The van der Waals surface area contributed by atoms with E-state index in [1.54, 1.807) is 0 Å². The van der Waals surface area contributed by atoms with E-state index >= 15 is 0 Å². The highest BCUT2D eigenvalue weighted by atomic mass is 16.3. The summed E-state index contributed by atoms with van der Waals surface area (Å²) in [7, 11) is 0. The number of furan rings is 3. The SMILES string of the molecule is c1ccc(-c2nc(-c3ccc(-c4ccc5oc6ccccc6c5c4)cc3)cc(-c3cc(-c4ccc5oc6ccccc6c5c4)cc(-c4ccc5oc6ccccc6c5c4)c3)n2)cc1. The molecule has 0 aliphatic heterocycles. The summed E-state index contributed by atoms with van der Waals surface area (Å²) in [5, 5.41) is 6.58. The van der Waals surface area contributed by atoms with Crippen LogP contribution in [0.25, 0.3) is 133 Å². The fraction of sp³-hybridized carbons (Fsp3) is 0. The molecule has 5 heteroatoms.